The van der Waals surface area contributed by atoms with Crippen LogP contribution in [0.2, 0.25) is 0 Å². The molecule has 1 fully saturated rings. The molecule has 1 heterocycles. The summed E-state index contributed by atoms with van der Waals surface area (Å²) in [5, 5.41) is 3.61. The summed E-state index contributed by atoms with van der Waals surface area (Å²) in [6.45, 7) is 2.15. The van der Waals surface area contributed by atoms with Gasteiger partial charge in [-0.05, 0) is 43.9 Å². The Balaban J connectivity index is 1.77. The Labute approximate surface area is 111 Å². The molecule has 2 aromatic rings. The quantitative estimate of drug-likeness (QED) is 0.672. The molecular formula is C14H20N4O. The molecule has 5 nitrogen and oxygen atoms in total. The first kappa shape index (κ1) is 12.4. The highest BCUT2D eigenvalue weighted by atomic mass is 16.1. The van der Waals surface area contributed by atoms with Gasteiger partial charge in [-0.1, -0.05) is 6.07 Å². The fraction of sp³-hybridized carbons (Fsp3) is 0.500. The standard InChI is InChI=1S/C14H20N4O/c1-8(16-11-4-3-10(15)7-11)9-2-5-12-13(6-9)18-14(19)17-12/h2,5-6,8,10-11,16H,3-4,7,15H2,1H3,(H2,17,18,19). The van der Waals surface area contributed by atoms with Crippen molar-refractivity contribution in [1.82, 2.24) is 15.3 Å². The minimum Gasteiger partial charge on any atom is -0.328 e. The Morgan fingerprint density at radius 1 is 1.32 bits per heavy atom. The second-order valence-electron chi connectivity index (χ2n) is 5.54. The summed E-state index contributed by atoms with van der Waals surface area (Å²) in [6.07, 6.45) is 3.30. The number of fused-ring (bicyclic) bond motifs is 1. The summed E-state index contributed by atoms with van der Waals surface area (Å²) in [4.78, 5) is 16.8. The van der Waals surface area contributed by atoms with Gasteiger partial charge in [0.25, 0.3) is 0 Å². The molecule has 0 bridgehead atoms. The average molecular weight is 260 g/mol. The van der Waals surface area contributed by atoms with E-state index in [0.29, 0.717) is 12.1 Å². The zero-order valence-electron chi connectivity index (χ0n) is 11.1. The molecular weight excluding hydrogens is 240 g/mol. The molecule has 1 aromatic carbocycles. The highest BCUT2D eigenvalue weighted by Gasteiger charge is 2.23. The van der Waals surface area contributed by atoms with E-state index >= 15 is 0 Å². The van der Waals surface area contributed by atoms with Crippen LogP contribution < -0.4 is 16.7 Å². The normalized spacial score (nSPS) is 24.9. The van der Waals surface area contributed by atoms with E-state index < -0.39 is 0 Å². The molecule has 1 aliphatic rings. The predicted octanol–water partition coefficient (Wildman–Crippen LogP) is 1.39. The zero-order chi connectivity index (χ0) is 13.4. The number of imidazole rings is 1. The number of H-pyrrole nitrogens is 2. The third kappa shape index (κ3) is 2.57. The molecule has 0 saturated heterocycles. The van der Waals surface area contributed by atoms with Crippen LogP contribution in [0.1, 0.15) is 37.8 Å². The lowest BCUT2D eigenvalue weighted by molar-refractivity contribution is 0.457. The molecule has 0 amide bonds. The summed E-state index contributed by atoms with van der Waals surface area (Å²) >= 11 is 0. The molecule has 1 aliphatic carbocycles. The van der Waals surface area contributed by atoms with E-state index in [0.717, 1.165) is 30.3 Å². The van der Waals surface area contributed by atoms with Gasteiger partial charge in [-0.2, -0.15) is 0 Å². The van der Waals surface area contributed by atoms with Crippen LogP contribution in [0.5, 0.6) is 0 Å². The van der Waals surface area contributed by atoms with Gasteiger partial charge in [0.05, 0.1) is 11.0 Å². The van der Waals surface area contributed by atoms with Gasteiger partial charge in [0.2, 0.25) is 0 Å². The second-order valence-corrected chi connectivity index (χ2v) is 5.54. The lowest BCUT2D eigenvalue weighted by Gasteiger charge is -2.19. The Morgan fingerprint density at radius 3 is 2.84 bits per heavy atom. The van der Waals surface area contributed by atoms with Crippen LogP contribution in [0.3, 0.4) is 0 Å². The van der Waals surface area contributed by atoms with Crippen LogP contribution in [0.15, 0.2) is 23.0 Å². The van der Waals surface area contributed by atoms with Gasteiger partial charge in [-0.25, -0.2) is 4.79 Å². The molecule has 0 aliphatic heterocycles. The SMILES string of the molecule is CC(NC1CCC(N)C1)c1ccc2[nH]c(=O)[nH]c2c1. The Kier molecular flexibility index (Phi) is 3.16. The minimum absolute atomic E-state index is 0.158. The number of rotatable bonds is 3. The van der Waals surface area contributed by atoms with Crippen molar-refractivity contribution >= 4 is 11.0 Å². The number of nitrogens with one attached hydrogen (secondary N) is 3. The van der Waals surface area contributed by atoms with Crippen LogP contribution in [0.25, 0.3) is 11.0 Å². The predicted molar refractivity (Wildman–Crippen MR) is 76.1 cm³/mol. The zero-order valence-corrected chi connectivity index (χ0v) is 11.1. The van der Waals surface area contributed by atoms with Crippen molar-refractivity contribution in [3.63, 3.8) is 0 Å². The van der Waals surface area contributed by atoms with Crippen LogP contribution in [-0.2, 0) is 0 Å². The minimum atomic E-state index is -0.158. The van der Waals surface area contributed by atoms with E-state index in [4.69, 9.17) is 5.73 Å². The van der Waals surface area contributed by atoms with E-state index in [9.17, 15) is 4.79 Å². The monoisotopic (exact) mass is 260 g/mol. The first-order chi connectivity index (χ1) is 9.11. The first-order valence-corrected chi connectivity index (χ1v) is 6.85. The molecule has 5 N–H and O–H groups in total. The van der Waals surface area contributed by atoms with Gasteiger partial charge in [-0.3, -0.25) is 0 Å². The third-order valence-corrected chi connectivity index (χ3v) is 4.00. The molecule has 3 atom stereocenters. The van der Waals surface area contributed by atoms with Gasteiger partial charge in [0.1, 0.15) is 0 Å². The van der Waals surface area contributed by atoms with Crippen molar-refractivity contribution in [1.29, 1.82) is 0 Å². The molecule has 5 heteroatoms. The van der Waals surface area contributed by atoms with Crippen molar-refractivity contribution in [3.8, 4) is 0 Å². The molecule has 1 saturated carbocycles. The molecule has 0 radical (unpaired) electrons. The van der Waals surface area contributed by atoms with Gasteiger partial charge < -0.3 is 21.0 Å². The average Bonchev–Trinajstić information content (AvgIpc) is 2.93. The molecule has 1 aromatic heterocycles. The van der Waals surface area contributed by atoms with Gasteiger partial charge >= 0.3 is 5.69 Å². The van der Waals surface area contributed by atoms with Crippen LogP contribution >= 0.6 is 0 Å². The molecule has 102 valence electrons. The van der Waals surface area contributed by atoms with E-state index in [2.05, 4.69) is 28.3 Å². The second kappa shape index (κ2) is 4.83. The summed E-state index contributed by atoms with van der Waals surface area (Å²) in [5.74, 6) is 0. The van der Waals surface area contributed by atoms with Gasteiger partial charge in [0.15, 0.2) is 0 Å². The Morgan fingerprint density at radius 2 is 2.11 bits per heavy atom. The summed E-state index contributed by atoms with van der Waals surface area (Å²) in [7, 11) is 0. The maximum atomic E-state index is 11.2. The first-order valence-electron chi connectivity index (χ1n) is 6.85. The Bertz CT molecular complexity index is 630. The van der Waals surface area contributed by atoms with Crippen molar-refractivity contribution in [2.75, 3.05) is 0 Å². The number of nitrogens with two attached hydrogens (primary N) is 1. The maximum Gasteiger partial charge on any atom is 0.323 e. The van der Waals surface area contributed by atoms with E-state index in [1.165, 1.54) is 5.56 Å². The third-order valence-electron chi connectivity index (χ3n) is 4.00. The number of hydrogen-bond acceptors (Lipinski definition) is 3. The summed E-state index contributed by atoms with van der Waals surface area (Å²) in [6, 6.07) is 7.14. The molecule has 3 rings (SSSR count). The van der Waals surface area contributed by atoms with Crippen molar-refractivity contribution in [3.05, 3.63) is 34.2 Å². The lowest BCUT2D eigenvalue weighted by atomic mass is 10.1. The topological polar surface area (TPSA) is 86.7 Å². The maximum absolute atomic E-state index is 11.2. The molecule has 19 heavy (non-hydrogen) atoms. The number of aromatic amines is 2. The number of hydrogen-bond donors (Lipinski definition) is 4. The fourth-order valence-corrected chi connectivity index (χ4v) is 2.94. The number of benzene rings is 1. The fourth-order valence-electron chi connectivity index (χ4n) is 2.94. The van der Waals surface area contributed by atoms with E-state index in [1.807, 2.05) is 12.1 Å². The lowest BCUT2D eigenvalue weighted by Crippen LogP contribution is -2.30. The summed E-state index contributed by atoms with van der Waals surface area (Å²) < 4.78 is 0. The van der Waals surface area contributed by atoms with Crippen LogP contribution in [0.4, 0.5) is 0 Å². The van der Waals surface area contributed by atoms with Crippen LogP contribution in [-0.4, -0.2) is 22.1 Å². The highest BCUT2D eigenvalue weighted by molar-refractivity contribution is 5.75. The van der Waals surface area contributed by atoms with Crippen molar-refractivity contribution in [2.24, 2.45) is 5.73 Å². The van der Waals surface area contributed by atoms with Crippen molar-refractivity contribution in [2.45, 2.75) is 44.3 Å². The van der Waals surface area contributed by atoms with Crippen LogP contribution in [0, 0.1) is 0 Å². The summed E-state index contributed by atoms with van der Waals surface area (Å²) in [5.41, 5.74) is 8.67. The molecule has 0 spiro atoms. The highest BCUT2D eigenvalue weighted by Crippen LogP contribution is 2.22. The van der Waals surface area contributed by atoms with E-state index in [-0.39, 0.29) is 11.7 Å². The van der Waals surface area contributed by atoms with Gasteiger partial charge in [-0.15, -0.1) is 0 Å². The van der Waals surface area contributed by atoms with Gasteiger partial charge in [0, 0.05) is 18.1 Å². The molecule has 3 unspecified atom stereocenters. The largest absolute Gasteiger partial charge is 0.328 e. The number of aromatic nitrogens is 2. The smallest absolute Gasteiger partial charge is 0.323 e. The van der Waals surface area contributed by atoms with E-state index in [1.54, 1.807) is 0 Å². The Hall–Kier alpha value is -1.59. The van der Waals surface area contributed by atoms with Crippen molar-refractivity contribution < 1.29 is 0 Å².